The lowest BCUT2D eigenvalue weighted by Gasteiger charge is -2.25. The second-order valence-electron chi connectivity index (χ2n) is 4.86. The van der Waals surface area contributed by atoms with E-state index in [-0.39, 0.29) is 18.0 Å². The van der Waals surface area contributed by atoms with Crippen molar-refractivity contribution in [2.75, 3.05) is 13.2 Å². The Morgan fingerprint density at radius 3 is 2.67 bits per heavy atom. The molecule has 1 heterocycles. The summed E-state index contributed by atoms with van der Waals surface area (Å²) in [5.41, 5.74) is 7.18. The molecule has 18 heavy (non-hydrogen) atoms. The summed E-state index contributed by atoms with van der Waals surface area (Å²) in [4.78, 5) is 0. The van der Waals surface area contributed by atoms with Gasteiger partial charge in [-0.2, -0.15) is 0 Å². The second kappa shape index (κ2) is 5.67. The molecule has 0 radical (unpaired) electrons. The first-order valence-corrected chi connectivity index (χ1v) is 6.38. The molecular weight excluding hydrogens is 233 g/mol. The summed E-state index contributed by atoms with van der Waals surface area (Å²) in [6.07, 6.45) is 1.88. The van der Waals surface area contributed by atoms with E-state index in [1.807, 2.05) is 6.92 Å². The third-order valence-corrected chi connectivity index (χ3v) is 3.24. The maximum atomic E-state index is 13.6. The third-order valence-electron chi connectivity index (χ3n) is 3.24. The van der Waals surface area contributed by atoms with Gasteiger partial charge in [0.1, 0.15) is 17.7 Å². The van der Waals surface area contributed by atoms with Gasteiger partial charge in [0.05, 0.1) is 13.2 Å². The van der Waals surface area contributed by atoms with Crippen molar-refractivity contribution >= 4 is 0 Å². The van der Waals surface area contributed by atoms with Crippen LogP contribution in [0.2, 0.25) is 0 Å². The molecule has 3 nitrogen and oxygen atoms in total. The predicted octanol–water partition coefficient (Wildman–Crippen LogP) is 2.71. The fourth-order valence-corrected chi connectivity index (χ4v) is 2.10. The average Bonchev–Trinajstić information content (AvgIpc) is 2.34. The molecule has 1 aromatic rings. The Balaban J connectivity index is 2.21. The first-order chi connectivity index (χ1) is 8.58. The monoisotopic (exact) mass is 253 g/mol. The Morgan fingerprint density at radius 1 is 1.39 bits per heavy atom. The summed E-state index contributed by atoms with van der Waals surface area (Å²) >= 11 is 0. The maximum absolute atomic E-state index is 13.6. The first-order valence-electron chi connectivity index (χ1n) is 6.38. The fraction of sp³-hybridized carbons (Fsp3) is 0.571. The highest BCUT2D eigenvalue weighted by molar-refractivity contribution is 5.40. The van der Waals surface area contributed by atoms with Crippen molar-refractivity contribution in [1.29, 1.82) is 0 Å². The van der Waals surface area contributed by atoms with Crippen LogP contribution in [-0.2, 0) is 4.74 Å². The highest BCUT2D eigenvalue weighted by Gasteiger charge is 2.19. The van der Waals surface area contributed by atoms with E-state index in [0.717, 1.165) is 31.6 Å². The number of aryl methyl sites for hydroxylation is 1. The van der Waals surface area contributed by atoms with Gasteiger partial charge in [0.25, 0.3) is 0 Å². The number of rotatable bonds is 3. The summed E-state index contributed by atoms with van der Waals surface area (Å²) in [6.45, 7) is 5.01. The van der Waals surface area contributed by atoms with Crippen LogP contribution >= 0.6 is 0 Å². The summed E-state index contributed by atoms with van der Waals surface area (Å²) in [5.74, 6) is 0.470. The van der Waals surface area contributed by atoms with Crippen LogP contribution in [0.15, 0.2) is 12.1 Å². The number of benzene rings is 1. The van der Waals surface area contributed by atoms with Crippen molar-refractivity contribution in [3.8, 4) is 5.75 Å². The Morgan fingerprint density at radius 2 is 2.06 bits per heavy atom. The molecule has 1 aliphatic heterocycles. The van der Waals surface area contributed by atoms with E-state index >= 15 is 0 Å². The molecular formula is C14H20FNO2. The summed E-state index contributed by atoms with van der Waals surface area (Å²) in [5, 5.41) is 0. The summed E-state index contributed by atoms with van der Waals surface area (Å²) in [6, 6.07) is 2.98. The molecule has 0 saturated carbocycles. The largest absolute Gasteiger partial charge is 0.490 e. The molecule has 0 unspecified atom stereocenters. The lowest BCUT2D eigenvalue weighted by atomic mass is 10.0. The van der Waals surface area contributed by atoms with Crippen molar-refractivity contribution in [3.05, 3.63) is 29.1 Å². The van der Waals surface area contributed by atoms with E-state index < -0.39 is 0 Å². The molecule has 1 aliphatic rings. The Labute approximate surface area is 107 Å². The lowest BCUT2D eigenvalue weighted by molar-refractivity contribution is 0.0250. The van der Waals surface area contributed by atoms with Crippen molar-refractivity contribution in [3.63, 3.8) is 0 Å². The zero-order chi connectivity index (χ0) is 13.1. The van der Waals surface area contributed by atoms with E-state index in [2.05, 4.69) is 0 Å². The molecule has 0 amide bonds. The van der Waals surface area contributed by atoms with Gasteiger partial charge in [0.2, 0.25) is 0 Å². The molecule has 0 bridgehead atoms. The molecule has 0 spiro atoms. The van der Waals surface area contributed by atoms with Crippen LogP contribution in [0.1, 0.15) is 36.9 Å². The molecule has 2 rings (SSSR count). The first kappa shape index (κ1) is 13.3. The van der Waals surface area contributed by atoms with E-state index in [1.165, 1.54) is 6.07 Å². The van der Waals surface area contributed by atoms with Crippen molar-refractivity contribution < 1.29 is 13.9 Å². The zero-order valence-corrected chi connectivity index (χ0v) is 10.9. The van der Waals surface area contributed by atoms with Gasteiger partial charge in [-0.3, -0.25) is 0 Å². The molecule has 0 aliphatic carbocycles. The SMILES string of the molecule is Cc1cc(OC2CCOCC2)c([C@H](C)N)cc1F. The molecule has 100 valence electrons. The smallest absolute Gasteiger partial charge is 0.126 e. The summed E-state index contributed by atoms with van der Waals surface area (Å²) in [7, 11) is 0. The molecule has 1 atom stereocenters. The van der Waals surface area contributed by atoms with Gasteiger partial charge < -0.3 is 15.2 Å². The maximum Gasteiger partial charge on any atom is 0.126 e. The van der Waals surface area contributed by atoms with Gasteiger partial charge in [-0.05, 0) is 31.5 Å². The van der Waals surface area contributed by atoms with Crippen LogP contribution in [0.5, 0.6) is 5.75 Å². The standard InChI is InChI=1S/C14H20FNO2/c1-9-7-14(12(10(2)16)8-13(9)15)18-11-3-5-17-6-4-11/h7-8,10-11H,3-6,16H2,1-2H3/t10-/m0/s1. The highest BCUT2D eigenvalue weighted by Crippen LogP contribution is 2.29. The Kier molecular flexibility index (Phi) is 4.19. The van der Waals surface area contributed by atoms with Crippen LogP contribution in [0.25, 0.3) is 0 Å². The normalized spacial score (nSPS) is 18.7. The number of ether oxygens (including phenoxy) is 2. The van der Waals surface area contributed by atoms with Crippen molar-refractivity contribution in [1.82, 2.24) is 0 Å². The van der Waals surface area contributed by atoms with E-state index in [9.17, 15) is 4.39 Å². The fourth-order valence-electron chi connectivity index (χ4n) is 2.10. The lowest BCUT2D eigenvalue weighted by Crippen LogP contribution is -2.26. The topological polar surface area (TPSA) is 44.5 Å². The average molecular weight is 253 g/mol. The van der Waals surface area contributed by atoms with Gasteiger partial charge in [-0.25, -0.2) is 4.39 Å². The van der Waals surface area contributed by atoms with Gasteiger partial charge in [0, 0.05) is 24.4 Å². The minimum atomic E-state index is -0.241. The molecule has 0 aromatic heterocycles. The number of halogens is 1. The van der Waals surface area contributed by atoms with Crippen LogP contribution in [0, 0.1) is 12.7 Å². The number of hydrogen-bond acceptors (Lipinski definition) is 3. The van der Waals surface area contributed by atoms with Gasteiger partial charge in [0.15, 0.2) is 0 Å². The summed E-state index contributed by atoms with van der Waals surface area (Å²) < 4.78 is 24.8. The van der Waals surface area contributed by atoms with Crippen LogP contribution < -0.4 is 10.5 Å². The van der Waals surface area contributed by atoms with Crippen molar-refractivity contribution in [2.24, 2.45) is 5.73 Å². The molecule has 1 saturated heterocycles. The number of nitrogens with two attached hydrogens (primary N) is 1. The van der Waals surface area contributed by atoms with Gasteiger partial charge in [-0.15, -0.1) is 0 Å². The minimum absolute atomic E-state index is 0.140. The van der Waals surface area contributed by atoms with E-state index in [4.69, 9.17) is 15.2 Å². The second-order valence-corrected chi connectivity index (χ2v) is 4.86. The van der Waals surface area contributed by atoms with Crippen LogP contribution in [-0.4, -0.2) is 19.3 Å². The molecule has 1 fully saturated rings. The van der Waals surface area contributed by atoms with E-state index in [1.54, 1.807) is 13.0 Å². The predicted molar refractivity (Wildman–Crippen MR) is 68.2 cm³/mol. The molecule has 2 N–H and O–H groups in total. The van der Waals surface area contributed by atoms with Crippen molar-refractivity contribution in [2.45, 2.75) is 38.8 Å². The zero-order valence-electron chi connectivity index (χ0n) is 10.9. The van der Waals surface area contributed by atoms with Gasteiger partial charge in [-0.1, -0.05) is 0 Å². The third kappa shape index (κ3) is 3.00. The van der Waals surface area contributed by atoms with Gasteiger partial charge >= 0.3 is 0 Å². The Bertz CT molecular complexity index is 415. The molecule has 1 aromatic carbocycles. The Hall–Kier alpha value is -1.13. The molecule has 4 heteroatoms. The quantitative estimate of drug-likeness (QED) is 0.900. The highest BCUT2D eigenvalue weighted by atomic mass is 19.1. The number of hydrogen-bond donors (Lipinski definition) is 1. The van der Waals surface area contributed by atoms with E-state index in [0.29, 0.717) is 11.3 Å². The van der Waals surface area contributed by atoms with Crippen LogP contribution in [0.4, 0.5) is 4.39 Å². The minimum Gasteiger partial charge on any atom is -0.490 e. The van der Waals surface area contributed by atoms with Crippen LogP contribution in [0.3, 0.4) is 0 Å².